The average molecular weight is 697 g/mol. The van der Waals surface area contributed by atoms with Crippen LogP contribution in [0.1, 0.15) is 103 Å². The first-order valence-corrected chi connectivity index (χ1v) is 19.3. The zero-order chi connectivity index (χ0) is 37.1. The molecule has 0 spiro atoms. The summed E-state index contributed by atoms with van der Waals surface area (Å²) in [4.78, 5) is 4.89. The van der Waals surface area contributed by atoms with Crippen molar-refractivity contribution in [3.8, 4) is 0 Å². The monoisotopic (exact) mass is 696 g/mol. The lowest BCUT2D eigenvalue weighted by Crippen LogP contribution is -2.60. The maximum Gasteiger partial charge on any atom is 0.342 e. The second-order valence-corrected chi connectivity index (χ2v) is 17.8. The normalized spacial score (nSPS) is 14.1. The Bertz CT molecular complexity index is 2370. The molecule has 0 saturated carbocycles. The fraction of sp³-hybridized carbons (Fsp3) is 0.292. The lowest BCUT2D eigenvalue weighted by Gasteiger charge is -2.40. The number of rotatable bonds is 4. The molecule has 266 valence electrons. The van der Waals surface area contributed by atoms with Gasteiger partial charge in [-0.2, -0.15) is 0 Å². The number of para-hydroxylation sites is 2. The Balaban J connectivity index is 1.47. The minimum atomic E-state index is -0.248. The Labute approximate surface area is 314 Å². The molecule has 0 bridgehead atoms. The van der Waals surface area contributed by atoms with E-state index in [1.165, 1.54) is 27.7 Å². The minimum Gasteiger partial charge on any atom is -0.468 e. The van der Waals surface area contributed by atoms with Crippen LogP contribution in [0.4, 0.5) is 34.1 Å². The molecule has 0 unspecified atom stereocenters. The second kappa shape index (κ2) is 11.7. The van der Waals surface area contributed by atoms with Gasteiger partial charge in [0, 0.05) is 33.5 Å². The summed E-state index contributed by atoms with van der Waals surface area (Å²) in [6.45, 7) is 22.7. The van der Waals surface area contributed by atoms with Crippen LogP contribution < -0.4 is 26.6 Å². The molecule has 9 rings (SSSR count). The molecule has 0 radical (unpaired) electrons. The molecule has 0 N–H and O–H groups in total. The molecule has 4 nitrogen and oxygen atoms in total. The summed E-state index contributed by atoms with van der Waals surface area (Å²) in [7, 11) is 0. The number of hydrogen-bond donors (Lipinski definition) is 0. The van der Waals surface area contributed by atoms with Gasteiger partial charge in [0.25, 0.3) is 0 Å². The summed E-state index contributed by atoms with van der Waals surface area (Å²) >= 11 is 0. The van der Waals surface area contributed by atoms with E-state index < -0.39 is 0 Å². The van der Waals surface area contributed by atoms with Gasteiger partial charge < -0.3 is 18.6 Å². The molecule has 0 atom stereocenters. The lowest BCUT2D eigenvalue weighted by atomic mass is 9.37. The van der Waals surface area contributed by atoms with Crippen molar-refractivity contribution in [2.24, 2.45) is 0 Å². The first-order chi connectivity index (χ1) is 25.2. The number of nitrogens with zero attached hydrogens (tertiary/aromatic N) is 2. The topological polar surface area (TPSA) is 32.8 Å². The van der Waals surface area contributed by atoms with Gasteiger partial charge in [-0.1, -0.05) is 124 Å². The number of fused-ring (bicyclic) bond motifs is 8. The molecule has 0 saturated heterocycles. The van der Waals surface area contributed by atoms with E-state index >= 15 is 0 Å². The van der Waals surface area contributed by atoms with Crippen molar-refractivity contribution in [3.63, 3.8) is 0 Å². The Kier molecular flexibility index (Phi) is 7.41. The molecular weight excluding hydrogens is 647 g/mol. The van der Waals surface area contributed by atoms with Crippen molar-refractivity contribution in [2.75, 3.05) is 9.80 Å². The summed E-state index contributed by atoms with van der Waals surface area (Å²) in [5.41, 5.74) is 16.7. The first-order valence-electron chi connectivity index (χ1n) is 19.3. The van der Waals surface area contributed by atoms with Gasteiger partial charge in [0.2, 0.25) is 0 Å². The van der Waals surface area contributed by atoms with Crippen molar-refractivity contribution in [1.82, 2.24) is 0 Å². The second-order valence-electron chi connectivity index (χ2n) is 17.8. The van der Waals surface area contributed by atoms with Crippen molar-refractivity contribution >= 4 is 79.6 Å². The summed E-state index contributed by atoms with van der Waals surface area (Å²) in [6.07, 6.45) is 0. The summed E-state index contributed by atoms with van der Waals surface area (Å²) in [5, 5.41) is 2.30. The molecule has 2 aliphatic rings. The van der Waals surface area contributed by atoms with E-state index in [0.717, 1.165) is 67.4 Å². The van der Waals surface area contributed by atoms with Crippen LogP contribution >= 0.6 is 0 Å². The smallest absolute Gasteiger partial charge is 0.342 e. The fourth-order valence-electron chi connectivity index (χ4n) is 8.58. The highest BCUT2D eigenvalue weighted by Gasteiger charge is 2.50. The molecule has 2 aromatic heterocycles. The molecule has 7 aromatic rings. The van der Waals surface area contributed by atoms with E-state index in [1.807, 2.05) is 0 Å². The van der Waals surface area contributed by atoms with Gasteiger partial charge in [-0.15, -0.1) is 0 Å². The molecule has 0 fully saturated rings. The zero-order valence-corrected chi connectivity index (χ0v) is 32.8. The Morgan fingerprint density at radius 3 is 1.26 bits per heavy atom. The molecule has 0 amide bonds. The summed E-state index contributed by atoms with van der Waals surface area (Å²) < 4.78 is 14.8. The van der Waals surface area contributed by atoms with Crippen molar-refractivity contribution in [1.29, 1.82) is 0 Å². The predicted octanol–water partition coefficient (Wildman–Crippen LogP) is 12.1. The Morgan fingerprint density at radius 2 is 0.906 bits per heavy atom. The number of anilines is 6. The average Bonchev–Trinajstić information content (AvgIpc) is 3.69. The van der Waals surface area contributed by atoms with E-state index in [-0.39, 0.29) is 29.4 Å². The van der Waals surface area contributed by atoms with Crippen LogP contribution in [0.25, 0.3) is 21.9 Å². The van der Waals surface area contributed by atoms with Gasteiger partial charge in [0.1, 0.15) is 22.5 Å². The first kappa shape index (κ1) is 33.7. The molecule has 0 aliphatic carbocycles. The van der Waals surface area contributed by atoms with E-state index in [1.54, 1.807) is 0 Å². The molecule has 5 aromatic carbocycles. The maximum atomic E-state index is 7.38. The van der Waals surface area contributed by atoms with Gasteiger partial charge in [-0.05, 0) is 98.9 Å². The molecule has 53 heavy (non-hydrogen) atoms. The van der Waals surface area contributed by atoms with Gasteiger partial charge >= 0.3 is 6.71 Å². The third-order valence-corrected chi connectivity index (χ3v) is 11.4. The van der Waals surface area contributed by atoms with E-state index in [9.17, 15) is 0 Å². The third kappa shape index (κ3) is 5.03. The molecular formula is C48H49BN2O2. The fourth-order valence-corrected chi connectivity index (χ4v) is 8.58. The number of hydrogen-bond acceptors (Lipinski definition) is 4. The number of benzene rings is 5. The van der Waals surface area contributed by atoms with Crippen molar-refractivity contribution in [3.05, 3.63) is 125 Å². The van der Waals surface area contributed by atoms with E-state index in [2.05, 4.69) is 182 Å². The van der Waals surface area contributed by atoms with Crippen LogP contribution in [0.2, 0.25) is 0 Å². The molecule has 5 heteroatoms. The Hall–Kier alpha value is -5.16. The van der Waals surface area contributed by atoms with E-state index in [4.69, 9.17) is 8.83 Å². The summed E-state index contributed by atoms with van der Waals surface area (Å²) in [5.74, 6) is 0.559. The van der Waals surface area contributed by atoms with Gasteiger partial charge in [0.15, 0.2) is 0 Å². The van der Waals surface area contributed by atoms with Crippen LogP contribution in [0.3, 0.4) is 0 Å². The summed E-state index contributed by atoms with van der Waals surface area (Å²) in [6, 6.07) is 37.9. The zero-order valence-electron chi connectivity index (χ0n) is 32.8. The highest BCUT2D eigenvalue weighted by Crippen LogP contribution is 2.50. The third-order valence-electron chi connectivity index (χ3n) is 11.4. The molecule has 2 aliphatic heterocycles. The van der Waals surface area contributed by atoms with Crippen LogP contribution in [-0.4, -0.2) is 6.71 Å². The van der Waals surface area contributed by atoms with Crippen LogP contribution in [0.15, 0.2) is 112 Å². The van der Waals surface area contributed by atoms with Crippen molar-refractivity contribution in [2.45, 2.75) is 91.9 Å². The van der Waals surface area contributed by atoms with Gasteiger partial charge in [-0.3, -0.25) is 0 Å². The maximum absolute atomic E-state index is 7.38. The van der Waals surface area contributed by atoms with Crippen molar-refractivity contribution < 1.29 is 8.83 Å². The Morgan fingerprint density at radius 1 is 0.509 bits per heavy atom. The predicted molar refractivity (Wildman–Crippen MR) is 226 cm³/mol. The standard InChI is InChI=1S/C48H49BN2O2/c1-28(2)34-24-30(47(5,6)7)26-36-41-45(52-43(34)36)49-40-38(50(41)32-18-13-11-14-19-32)22-17-23-39(40)51(33-20-15-12-16-21-33)42-37-27-31(48(8,9)10)25-35(29(3)4)44(37)53-46(42)49/h11-29H,1-10H3. The van der Waals surface area contributed by atoms with Gasteiger partial charge in [-0.25, -0.2) is 0 Å². The lowest BCUT2D eigenvalue weighted by molar-refractivity contribution is 0.587. The largest absolute Gasteiger partial charge is 0.468 e. The minimum absolute atomic E-state index is 0.0375. The van der Waals surface area contributed by atoms with Crippen LogP contribution in [-0.2, 0) is 10.8 Å². The highest BCUT2D eigenvalue weighted by molar-refractivity contribution is 6.99. The van der Waals surface area contributed by atoms with Gasteiger partial charge in [0.05, 0.1) is 11.4 Å². The van der Waals surface area contributed by atoms with Crippen LogP contribution in [0, 0.1) is 0 Å². The SMILES string of the molecule is CC(C)c1cc(C(C)(C)C)cc2c3c(oc12)B1c2oc4c(C(C)C)cc(C(C)(C)C)cc4c2N(c2ccccc2)c2cccc(c21)N3c1ccccc1. The highest BCUT2D eigenvalue weighted by atomic mass is 16.3. The number of furan rings is 2. The molecule has 4 heterocycles. The quantitative estimate of drug-likeness (QED) is 0.172. The van der Waals surface area contributed by atoms with Crippen LogP contribution in [0.5, 0.6) is 0 Å². The van der Waals surface area contributed by atoms with E-state index in [0.29, 0.717) is 0 Å².